The van der Waals surface area contributed by atoms with Gasteiger partial charge in [-0.25, -0.2) is 4.79 Å². The molecule has 0 atom stereocenters. The van der Waals surface area contributed by atoms with Gasteiger partial charge in [0.15, 0.2) is 18.3 Å². The van der Waals surface area contributed by atoms with Crippen LogP contribution in [0.25, 0.3) is 5.76 Å². The van der Waals surface area contributed by atoms with Gasteiger partial charge in [-0.2, -0.15) is 30.4 Å². The molecule has 0 bridgehead atoms. The molecule has 0 spiro atoms. The third-order valence-corrected chi connectivity index (χ3v) is 4.62. The van der Waals surface area contributed by atoms with Crippen LogP contribution in [0.15, 0.2) is 54.6 Å². The van der Waals surface area contributed by atoms with Gasteiger partial charge in [0, 0.05) is 12.7 Å². The molecule has 0 radical (unpaired) electrons. The van der Waals surface area contributed by atoms with E-state index in [1.807, 2.05) is 0 Å². The smallest absolute Gasteiger partial charge is 0.461 e. The molecule has 13 heteroatoms. The van der Waals surface area contributed by atoms with Gasteiger partial charge < -0.3 is 18.4 Å². The fraction of sp³-hybridized carbons (Fsp3) is 0.211. The molecule has 0 fully saturated rings. The van der Waals surface area contributed by atoms with Crippen molar-refractivity contribution in [2.45, 2.75) is 12.1 Å². The lowest BCUT2D eigenvalue weighted by molar-refractivity contribution is -0.0500. The molecule has 2 aromatic rings. The van der Waals surface area contributed by atoms with Crippen LogP contribution in [-0.4, -0.2) is 33.8 Å². The second-order valence-corrected chi connectivity index (χ2v) is 7.43. The summed E-state index contributed by atoms with van der Waals surface area (Å²) in [7, 11) is -5.00. The zero-order valence-electron chi connectivity index (χ0n) is 16.2. The lowest BCUT2D eigenvalue weighted by Crippen LogP contribution is -2.28. The molecule has 0 saturated carbocycles. The van der Waals surface area contributed by atoms with Crippen LogP contribution in [-0.2, 0) is 30.9 Å². The van der Waals surface area contributed by atoms with E-state index in [4.69, 9.17) is 9.47 Å². The Bertz CT molecular complexity index is 1080. The molecule has 32 heavy (non-hydrogen) atoms. The number of benzene rings is 2. The van der Waals surface area contributed by atoms with Gasteiger partial charge in [-0.15, -0.1) is 0 Å². The molecule has 0 aliphatic heterocycles. The quantitative estimate of drug-likeness (QED) is 0.130. The first-order valence-electron chi connectivity index (χ1n) is 8.49. The third kappa shape index (κ3) is 6.40. The van der Waals surface area contributed by atoms with E-state index in [2.05, 4.69) is 8.92 Å². The minimum atomic E-state index is -6.16. The fourth-order valence-electron chi connectivity index (χ4n) is 2.23. The maximum atomic E-state index is 13.2. The van der Waals surface area contributed by atoms with Crippen LogP contribution < -0.4 is 4.18 Å². The van der Waals surface area contributed by atoms with Crippen LogP contribution in [0.4, 0.5) is 22.0 Å². The number of halogens is 5. The highest BCUT2D eigenvalue weighted by molar-refractivity contribution is 7.88. The molecule has 7 nitrogen and oxygen atoms in total. The number of hydrogen-bond acceptors (Lipinski definition) is 7. The standard InChI is InChI=1S/C19H15F5O7S/c1-28-11-30-16(17(20)21)13-7-8-15(31-32(26,27)19(22,23)24)14(9-13)18(25)29-10-12-5-3-2-4-6-12/h2-9H,10-11H2,1H3. The van der Waals surface area contributed by atoms with E-state index >= 15 is 0 Å². The Balaban J connectivity index is 2.46. The van der Waals surface area contributed by atoms with Crippen molar-refractivity contribution in [3.05, 3.63) is 71.3 Å². The maximum absolute atomic E-state index is 13.2. The SMILES string of the molecule is COCOC(=C(F)F)c1ccc(OS(=O)(=O)C(F)(F)F)c(C(=O)OCc2ccccc2)c1. The van der Waals surface area contributed by atoms with Crippen molar-refractivity contribution in [3.63, 3.8) is 0 Å². The Labute approximate surface area is 179 Å². The van der Waals surface area contributed by atoms with Crippen molar-refractivity contribution < 1.29 is 53.6 Å². The van der Waals surface area contributed by atoms with Gasteiger partial charge in [0.2, 0.25) is 0 Å². The number of carbonyl (C=O) groups excluding carboxylic acids is 1. The van der Waals surface area contributed by atoms with E-state index in [-0.39, 0.29) is 6.61 Å². The fourth-order valence-corrected chi connectivity index (χ4v) is 2.71. The molecule has 0 unspecified atom stereocenters. The van der Waals surface area contributed by atoms with Gasteiger partial charge in [0.1, 0.15) is 12.2 Å². The van der Waals surface area contributed by atoms with Gasteiger partial charge >= 0.3 is 27.7 Å². The number of carbonyl (C=O) groups is 1. The molecule has 2 rings (SSSR count). The van der Waals surface area contributed by atoms with Crippen molar-refractivity contribution in [1.29, 1.82) is 0 Å². The molecule has 0 N–H and O–H groups in total. The second kappa shape index (κ2) is 10.4. The number of alkyl halides is 3. The molecule has 2 aromatic carbocycles. The van der Waals surface area contributed by atoms with Gasteiger partial charge in [0.25, 0.3) is 0 Å². The van der Waals surface area contributed by atoms with Gasteiger partial charge in [-0.1, -0.05) is 30.3 Å². The molecule has 0 amide bonds. The molecule has 0 aliphatic rings. The summed E-state index contributed by atoms with van der Waals surface area (Å²) in [5.41, 5.74) is -6.62. The highest BCUT2D eigenvalue weighted by atomic mass is 32.2. The predicted octanol–water partition coefficient (Wildman–Crippen LogP) is 4.46. The van der Waals surface area contributed by atoms with E-state index in [0.717, 1.165) is 13.2 Å². The second-order valence-electron chi connectivity index (χ2n) is 5.90. The molecule has 0 aliphatic carbocycles. The van der Waals surface area contributed by atoms with Crippen molar-refractivity contribution in [2.24, 2.45) is 0 Å². The maximum Gasteiger partial charge on any atom is 0.534 e. The largest absolute Gasteiger partial charge is 0.534 e. The molecular weight excluding hydrogens is 467 g/mol. The number of methoxy groups -OCH3 is 1. The number of ether oxygens (including phenoxy) is 3. The topological polar surface area (TPSA) is 88.1 Å². The molecule has 0 saturated heterocycles. The van der Waals surface area contributed by atoms with E-state index in [1.54, 1.807) is 30.3 Å². The normalized spacial score (nSPS) is 11.6. The van der Waals surface area contributed by atoms with E-state index in [9.17, 15) is 35.2 Å². The average Bonchev–Trinajstić information content (AvgIpc) is 2.72. The summed E-state index contributed by atoms with van der Waals surface area (Å²) in [4.78, 5) is 12.5. The zero-order chi connectivity index (χ0) is 23.9. The summed E-state index contributed by atoms with van der Waals surface area (Å²) in [6, 6.07) is 10.1. The van der Waals surface area contributed by atoms with Crippen LogP contribution in [0.2, 0.25) is 0 Å². The van der Waals surface area contributed by atoms with E-state index in [0.29, 0.717) is 17.7 Å². The van der Waals surface area contributed by atoms with Gasteiger partial charge in [-0.05, 0) is 23.8 Å². The summed E-state index contributed by atoms with van der Waals surface area (Å²) in [5.74, 6) is -3.45. The minimum absolute atomic E-state index is 0.338. The van der Waals surface area contributed by atoms with Crippen LogP contribution in [0.1, 0.15) is 21.5 Å². The Morgan fingerprint density at radius 2 is 1.66 bits per heavy atom. The Kier molecular flexibility index (Phi) is 8.16. The Morgan fingerprint density at radius 1 is 1.00 bits per heavy atom. The van der Waals surface area contributed by atoms with Gasteiger partial charge in [-0.3, -0.25) is 0 Å². The molecule has 0 aromatic heterocycles. The Morgan fingerprint density at radius 3 is 2.22 bits per heavy atom. The number of rotatable bonds is 9. The molecular formula is C19H15F5O7S. The van der Waals surface area contributed by atoms with Crippen molar-refractivity contribution in [1.82, 2.24) is 0 Å². The summed E-state index contributed by atoms with van der Waals surface area (Å²) in [6.45, 7) is -0.948. The lowest BCUT2D eigenvalue weighted by atomic mass is 10.1. The minimum Gasteiger partial charge on any atom is -0.461 e. The average molecular weight is 482 g/mol. The Hall–Kier alpha value is -3.19. The van der Waals surface area contributed by atoms with Crippen LogP contribution in [0.3, 0.4) is 0 Å². The van der Waals surface area contributed by atoms with Crippen molar-refractivity contribution in [3.8, 4) is 5.75 Å². The highest BCUT2D eigenvalue weighted by Gasteiger charge is 2.49. The van der Waals surface area contributed by atoms with Crippen molar-refractivity contribution >= 4 is 21.8 Å². The first-order chi connectivity index (χ1) is 15.0. The number of hydrogen-bond donors (Lipinski definition) is 0. The molecule has 0 heterocycles. The van der Waals surface area contributed by atoms with E-state index in [1.165, 1.54) is 0 Å². The van der Waals surface area contributed by atoms with Crippen molar-refractivity contribution in [2.75, 3.05) is 13.9 Å². The summed E-state index contributed by atoms with van der Waals surface area (Å²) < 4.78 is 106. The predicted molar refractivity (Wildman–Crippen MR) is 99.7 cm³/mol. The van der Waals surface area contributed by atoms with Crippen LogP contribution in [0.5, 0.6) is 5.75 Å². The lowest BCUT2D eigenvalue weighted by Gasteiger charge is -2.15. The monoisotopic (exact) mass is 482 g/mol. The first kappa shape index (κ1) is 25.1. The van der Waals surface area contributed by atoms with Crippen LogP contribution >= 0.6 is 0 Å². The first-order valence-corrected chi connectivity index (χ1v) is 9.90. The summed E-state index contributed by atoms with van der Waals surface area (Å²) in [6.07, 6.45) is -2.33. The summed E-state index contributed by atoms with van der Waals surface area (Å²) in [5, 5.41) is 0. The van der Waals surface area contributed by atoms with Gasteiger partial charge in [0.05, 0.1) is 0 Å². The zero-order valence-corrected chi connectivity index (χ0v) is 17.0. The molecule has 174 valence electrons. The third-order valence-electron chi connectivity index (χ3n) is 3.65. The highest BCUT2D eigenvalue weighted by Crippen LogP contribution is 2.32. The van der Waals surface area contributed by atoms with Crippen LogP contribution in [0, 0.1) is 0 Å². The number of esters is 1. The summed E-state index contributed by atoms with van der Waals surface area (Å²) >= 11 is 0. The van der Waals surface area contributed by atoms with E-state index < -0.39 is 57.1 Å².